The van der Waals surface area contributed by atoms with E-state index in [2.05, 4.69) is 5.10 Å². The van der Waals surface area contributed by atoms with Gasteiger partial charge in [-0.15, -0.1) is 11.3 Å². The van der Waals surface area contributed by atoms with Crippen molar-refractivity contribution >= 4 is 28.9 Å². The van der Waals surface area contributed by atoms with Crippen molar-refractivity contribution in [2.45, 2.75) is 0 Å². The van der Waals surface area contributed by atoms with Crippen molar-refractivity contribution in [1.82, 2.24) is 9.78 Å². The van der Waals surface area contributed by atoms with Gasteiger partial charge < -0.3 is 5.11 Å². The molecule has 0 saturated carbocycles. The van der Waals surface area contributed by atoms with Crippen LogP contribution >= 0.6 is 22.9 Å². The molecule has 2 aromatic heterocycles. The Balaban J connectivity index is 2.18. The van der Waals surface area contributed by atoms with Crippen LogP contribution in [0, 0.1) is 0 Å². The molecule has 6 heteroatoms. The lowest BCUT2D eigenvalue weighted by Gasteiger charge is -2.05. The molecular formula is C14H9ClN2O2S. The van der Waals surface area contributed by atoms with Gasteiger partial charge in [0, 0.05) is 11.1 Å². The molecule has 0 aliphatic carbocycles. The Morgan fingerprint density at radius 2 is 2.00 bits per heavy atom. The predicted octanol–water partition coefficient (Wildman–Crippen LogP) is 3.95. The van der Waals surface area contributed by atoms with Gasteiger partial charge in [0.15, 0.2) is 5.69 Å². The van der Waals surface area contributed by atoms with E-state index in [1.807, 2.05) is 17.5 Å². The Bertz CT molecular complexity index is 748. The van der Waals surface area contributed by atoms with Crippen molar-refractivity contribution in [1.29, 1.82) is 0 Å². The van der Waals surface area contributed by atoms with Crippen LogP contribution in [0.1, 0.15) is 10.5 Å². The highest BCUT2D eigenvalue weighted by molar-refractivity contribution is 7.13. The maximum Gasteiger partial charge on any atom is 0.356 e. The SMILES string of the molecule is O=C(O)c1cc(-c2cccs2)n(-c2ccc(Cl)cc2)n1. The van der Waals surface area contributed by atoms with Gasteiger partial charge in [0.25, 0.3) is 0 Å². The molecule has 0 fully saturated rings. The normalized spacial score (nSPS) is 10.7. The number of rotatable bonds is 3. The number of nitrogens with zero attached hydrogens (tertiary/aromatic N) is 2. The third-order valence-electron chi connectivity index (χ3n) is 2.77. The summed E-state index contributed by atoms with van der Waals surface area (Å²) in [6.45, 7) is 0. The van der Waals surface area contributed by atoms with E-state index in [-0.39, 0.29) is 5.69 Å². The molecule has 0 spiro atoms. The molecule has 20 heavy (non-hydrogen) atoms. The second-order valence-corrected chi connectivity index (χ2v) is 5.47. The fourth-order valence-electron chi connectivity index (χ4n) is 1.86. The average molecular weight is 305 g/mol. The Morgan fingerprint density at radius 1 is 1.25 bits per heavy atom. The van der Waals surface area contributed by atoms with Gasteiger partial charge in [-0.2, -0.15) is 5.10 Å². The number of aromatic nitrogens is 2. The summed E-state index contributed by atoms with van der Waals surface area (Å²) in [6.07, 6.45) is 0. The zero-order valence-corrected chi connectivity index (χ0v) is 11.7. The minimum atomic E-state index is -1.05. The number of carbonyl (C=O) groups is 1. The van der Waals surface area contributed by atoms with Gasteiger partial charge in [0.05, 0.1) is 16.3 Å². The summed E-state index contributed by atoms with van der Waals surface area (Å²) >= 11 is 7.41. The molecule has 0 saturated heterocycles. The van der Waals surface area contributed by atoms with E-state index >= 15 is 0 Å². The molecule has 0 bridgehead atoms. The number of thiophene rings is 1. The van der Waals surface area contributed by atoms with Crippen molar-refractivity contribution in [3.8, 4) is 16.3 Å². The molecule has 3 rings (SSSR count). The van der Waals surface area contributed by atoms with Gasteiger partial charge in [-0.05, 0) is 35.7 Å². The van der Waals surface area contributed by atoms with Gasteiger partial charge >= 0.3 is 5.97 Å². The molecule has 0 amide bonds. The molecule has 3 aromatic rings. The van der Waals surface area contributed by atoms with Crippen LogP contribution in [-0.2, 0) is 0 Å². The zero-order valence-electron chi connectivity index (χ0n) is 10.2. The van der Waals surface area contributed by atoms with Crippen LogP contribution in [0.3, 0.4) is 0 Å². The van der Waals surface area contributed by atoms with E-state index in [4.69, 9.17) is 16.7 Å². The van der Waals surface area contributed by atoms with Gasteiger partial charge in [-0.25, -0.2) is 9.48 Å². The number of aromatic carboxylic acids is 1. The Hall–Kier alpha value is -2.11. The Morgan fingerprint density at radius 3 is 2.60 bits per heavy atom. The molecule has 2 heterocycles. The monoisotopic (exact) mass is 304 g/mol. The van der Waals surface area contributed by atoms with E-state index in [1.165, 1.54) is 11.3 Å². The first kappa shape index (κ1) is 12.9. The minimum absolute atomic E-state index is 0.0170. The van der Waals surface area contributed by atoms with Crippen LogP contribution in [-0.4, -0.2) is 20.9 Å². The summed E-state index contributed by atoms with van der Waals surface area (Å²) < 4.78 is 1.62. The maximum absolute atomic E-state index is 11.1. The standard InChI is InChI=1S/C14H9ClN2O2S/c15-9-3-5-10(6-4-9)17-12(13-2-1-7-20-13)8-11(16-17)14(18)19/h1-8H,(H,18,19). The van der Waals surface area contributed by atoms with Crippen molar-refractivity contribution in [3.05, 3.63) is 58.6 Å². The first-order chi connectivity index (χ1) is 9.65. The molecule has 0 radical (unpaired) electrons. The van der Waals surface area contributed by atoms with Crippen LogP contribution in [0.25, 0.3) is 16.3 Å². The third-order valence-corrected chi connectivity index (χ3v) is 3.92. The number of carboxylic acid groups (broad SMARTS) is 1. The number of benzene rings is 1. The van der Waals surface area contributed by atoms with E-state index < -0.39 is 5.97 Å². The van der Waals surface area contributed by atoms with Gasteiger partial charge in [0.1, 0.15) is 0 Å². The predicted molar refractivity (Wildman–Crippen MR) is 78.8 cm³/mol. The Labute approximate surface area is 123 Å². The molecule has 100 valence electrons. The second kappa shape index (κ2) is 5.11. The largest absolute Gasteiger partial charge is 0.476 e. The summed E-state index contributed by atoms with van der Waals surface area (Å²) in [7, 11) is 0. The highest BCUT2D eigenvalue weighted by Gasteiger charge is 2.16. The van der Waals surface area contributed by atoms with Crippen LogP contribution in [0.4, 0.5) is 0 Å². The van der Waals surface area contributed by atoms with Gasteiger partial charge in [0.2, 0.25) is 0 Å². The van der Waals surface area contributed by atoms with E-state index in [9.17, 15) is 4.79 Å². The van der Waals surface area contributed by atoms with E-state index in [0.717, 1.165) is 16.3 Å². The van der Waals surface area contributed by atoms with Crippen LogP contribution < -0.4 is 0 Å². The quantitative estimate of drug-likeness (QED) is 0.797. The number of hydrogen-bond acceptors (Lipinski definition) is 3. The first-order valence-electron chi connectivity index (χ1n) is 5.78. The van der Waals surface area contributed by atoms with Crippen LogP contribution in [0.15, 0.2) is 47.8 Å². The fraction of sp³-hybridized carbons (Fsp3) is 0. The Kier molecular flexibility index (Phi) is 3.30. The van der Waals surface area contributed by atoms with Crippen molar-refractivity contribution in [2.24, 2.45) is 0 Å². The van der Waals surface area contributed by atoms with Crippen molar-refractivity contribution < 1.29 is 9.90 Å². The average Bonchev–Trinajstić information content (AvgIpc) is 3.08. The third kappa shape index (κ3) is 2.33. The molecule has 0 unspecified atom stereocenters. The molecular weight excluding hydrogens is 296 g/mol. The first-order valence-corrected chi connectivity index (χ1v) is 7.04. The summed E-state index contributed by atoms with van der Waals surface area (Å²) in [4.78, 5) is 12.1. The minimum Gasteiger partial charge on any atom is -0.476 e. The molecule has 0 aliphatic heterocycles. The number of halogens is 1. The highest BCUT2D eigenvalue weighted by Crippen LogP contribution is 2.28. The van der Waals surface area contributed by atoms with Crippen LogP contribution in [0.5, 0.6) is 0 Å². The van der Waals surface area contributed by atoms with Gasteiger partial charge in [-0.1, -0.05) is 17.7 Å². The fourth-order valence-corrected chi connectivity index (χ4v) is 2.72. The summed E-state index contributed by atoms with van der Waals surface area (Å²) in [5, 5.41) is 15.8. The van der Waals surface area contributed by atoms with E-state index in [0.29, 0.717) is 5.02 Å². The smallest absolute Gasteiger partial charge is 0.356 e. The lowest BCUT2D eigenvalue weighted by Crippen LogP contribution is -2.01. The lowest BCUT2D eigenvalue weighted by atomic mass is 10.3. The zero-order chi connectivity index (χ0) is 14.1. The summed E-state index contributed by atoms with van der Waals surface area (Å²) in [6, 6.07) is 12.5. The van der Waals surface area contributed by atoms with Crippen LogP contribution in [0.2, 0.25) is 5.02 Å². The molecule has 4 nitrogen and oxygen atoms in total. The highest BCUT2D eigenvalue weighted by atomic mass is 35.5. The summed E-state index contributed by atoms with van der Waals surface area (Å²) in [5.74, 6) is -1.05. The molecule has 1 N–H and O–H groups in total. The number of carboxylic acids is 1. The molecule has 0 aliphatic rings. The second-order valence-electron chi connectivity index (χ2n) is 4.09. The molecule has 1 aromatic carbocycles. The topological polar surface area (TPSA) is 55.1 Å². The van der Waals surface area contributed by atoms with E-state index in [1.54, 1.807) is 35.0 Å². The van der Waals surface area contributed by atoms with Gasteiger partial charge in [-0.3, -0.25) is 0 Å². The number of hydrogen-bond donors (Lipinski definition) is 1. The maximum atomic E-state index is 11.1. The molecule has 0 atom stereocenters. The van der Waals surface area contributed by atoms with Crippen molar-refractivity contribution in [3.63, 3.8) is 0 Å². The van der Waals surface area contributed by atoms with Crippen molar-refractivity contribution in [2.75, 3.05) is 0 Å². The lowest BCUT2D eigenvalue weighted by molar-refractivity contribution is 0.0690. The summed E-state index contributed by atoms with van der Waals surface area (Å²) in [5.41, 5.74) is 1.54.